The van der Waals surface area contributed by atoms with Crippen molar-refractivity contribution >= 4 is 23.4 Å². The van der Waals surface area contributed by atoms with E-state index in [0.29, 0.717) is 23.9 Å². The third-order valence-corrected chi connectivity index (χ3v) is 5.37. The second kappa shape index (κ2) is 9.19. The molecule has 3 rings (SSSR count). The summed E-state index contributed by atoms with van der Waals surface area (Å²) in [6, 6.07) is 7.37. The highest BCUT2D eigenvalue weighted by Gasteiger charge is 2.27. The Kier molecular flexibility index (Phi) is 6.69. The molecule has 1 aromatic carbocycles. The second-order valence-electron chi connectivity index (χ2n) is 7.03. The van der Waals surface area contributed by atoms with E-state index in [2.05, 4.69) is 10.6 Å². The van der Waals surface area contributed by atoms with Crippen LogP contribution in [0.4, 0.5) is 0 Å². The van der Waals surface area contributed by atoms with E-state index in [0.717, 1.165) is 44.5 Å². The van der Waals surface area contributed by atoms with E-state index >= 15 is 0 Å². The van der Waals surface area contributed by atoms with Crippen molar-refractivity contribution in [1.29, 1.82) is 0 Å². The molecule has 0 spiro atoms. The molecule has 1 fully saturated rings. The number of likely N-dealkylation sites (tertiary alicyclic amines) is 1. The first kappa shape index (κ1) is 18.9. The number of carbonyl (C=O) groups is 2. The smallest absolute Gasteiger partial charge is 0.243 e. The lowest BCUT2D eigenvalue weighted by molar-refractivity contribution is -0.133. The molecule has 2 heterocycles. The second-order valence-corrected chi connectivity index (χ2v) is 7.46. The van der Waals surface area contributed by atoms with Crippen LogP contribution in [0.25, 0.3) is 0 Å². The van der Waals surface area contributed by atoms with Crippen LogP contribution in [0.3, 0.4) is 0 Å². The van der Waals surface area contributed by atoms with Crippen LogP contribution >= 0.6 is 11.6 Å². The fourth-order valence-corrected chi connectivity index (χ4v) is 3.76. The molecule has 26 heavy (non-hydrogen) atoms. The highest BCUT2D eigenvalue weighted by Crippen LogP contribution is 2.22. The number of rotatable bonds is 6. The van der Waals surface area contributed by atoms with E-state index in [1.54, 1.807) is 0 Å². The SMILES string of the molecule is O=C(CCC1CCN(C(=O)[C@H]2C=CCN2)CC1)NCc1cccc(Cl)c1. The number of hydrogen-bond donors (Lipinski definition) is 2. The minimum Gasteiger partial charge on any atom is -0.352 e. The molecule has 0 aliphatic carbocycles. The van der Waals surface area contributed by atoms with Gasteiger partial charge < -0.3 is 10.2 Å². The topological polar surface area (TPSA) is 61.4 Å². The average Bonchev–Trinajstić information content (AvgIpc) is 3.19. The summed E-state index contributed by atoms with van der Waals surface area (Å²) in [5.41, 5.74) is 1.01. The summed E-state index contributed by atoms with van der Waals surface area (Å²) in [5, 5.41) is 6.81. The molecule has 1 atom stereocenters. The zero-order valence-electron chi connectivity index (χ0n) is 14.9. The van der Waals surface area contributed by atoms with Crippen molar-refractivity contribution in [2.45, 2.75) is 38.3 Å². The molecule has 2 N–H and O–H groups in total. The Morgan fingerprint density at radius 2 is 2.08 bits per heavy atom. The van der Waals surface area contributed by atoms with Crippen molar-refractivity contribution < 1.29 is 9.59 Å². The summed E-state index contributed by atoms with van der Waals surface area (Å²) in [7, 11) is 0. The van der Waals surface area contributed by atoms with Gasteiger partial charge in [-0.05, 0) is 42.9 Å². The van der Waals surface area contributed by atoms with Crippen molar-refractivity contribution in [2.75, 3.05) is 19.6 Å². The molecular formula is C20H26ClN3O2. The molecule has 0 radical (unpaired) electrons. The van der Waals surface area contributed by atoms with E-state index in [-0.39, 0.29) is 17.9 Å². The lowest BCUT2D eigenvalue weighted by Crippen LogP contribution is -2.47. The van der Waals surface area contributed by atoms with Crippen molar-refractivity contribution in [3.05, 3.63) is 47.0 Å². The van der Waals surface area contributed by atoms with Crippen molar-refractivity contribution in [3.63, 3.8) is 0 Å². The van der Waals surface area contributed by atoms with Gasteiger partial charge in [-0.15, -0.1) is 0 Å². The summed E-state index contributed by atoms with van der Waals surface area (Å²) < 4.78 is 0. The molecule has 5 nitrogen and oxygen atoms in total. The Balaban J connectivity index is 1.33. The van der Waals surface area contributed by atoms with Gasteiger partial charge in [0.15, 0.2) is 0 Å². The minimum atomic E-state index is -0.149. The lowest BCUT2D eigenvalue weighted by Gasteiger charge is -2.33. The van der Waals surface area contributed by atoms with Crippen molar-refractivity contribution in [1.82, 2.24) is 15.5 Å². The molecule has 0 aromatic heterocycles. The molecule has 1 aromatic rings. The molecule has 0 unspecified atom stereocenters. The van der Waals surface area contributed by atoms with Gasteiger partial charge in [-0.3, -0.25) is 14.9 Å². The Bertz CT molecular complexity index is 669. The van der Waals surface area contributed by atoms with E-state index in [9.17, 15) is 9.59 Å². The number of piperidine rings is 1. The van der Waals surface area contributed by atoms with Gasteiger partial charge >= 0.3 is 0 Å². The Hall–Kier alpha value is -1.85. The van der Waals surface area contributed by atoms with Gasteiger partial charge in [-0.25, -0.2) is 0 Å². The molecule has 6 heteroatoms. The molecular weight excluding hydrogens is 350 g/mol. The maximum atomic E-state index is 12.4. The maximum absolute atomic E-state index is 12.4. The first-order valence-corrected chi connectivity index (χ1v) is 9.69. The maximum Gasteiger partial charge on any atom is 0.243 e. The van der Waals surface area contributed by atoms with Gasteiger partial charge in [0.25, 0.3) is 0 Å². The summed E-state index contributed by atoms with van der Waals surface area (Å²) in [6.45, 7) is 2.87. The number of carbonyl (C=O) groups excluding carboxylic acids is 2. The zero-order valence-corrected chi connectivity index (χ0v) is 15.7. The normalized spacial score (nSPS) is 20.3. The summed E-state index contributed by atoms with van der Waals surface area (Å²) in [4.78, 5) is 26.4. The predicted molar refractivity (Wildman–Crippen MR) is 103 cm³/mol. The van der Waals surface area contributed by atoms with Gasteiger partial charge in [-0.2, -0.15) is 0 Å². The van der Waals surface area contributed by atoms with Crippen LogP contribution < -0.4 is 10.6 Å². The van der Waals surface area contributed by atoms with Crippen LogP contribution in [-0.4, -0.2) is 42.4 Å². The number of benzene rings is 1. The summed E-state index contributed by atoms with van der Waals surface area (Å²) in [6.07, 6.45) is 7.31. The molecule has 140 valence electrons. The van der Waals surface area contributed by atoms with E-state index in [1.165, 1.54) is 0 Å². The van der Waals surface area contributed by atoms with Crippen molar-refractivity contribution in [3.8, 4) is 0 Å². The number of hydrogen-bond acceptors (Lipinski definition) is 3. The van der Waals surface area contributed by atoms with Crippen molar-refractivity contribution in [2.24, 2.45) is 5.92 Å². The zero-order chi connectivity index (χ0) is 18.4. The highest BCUT2D eigenvalue weighted by molar-refractivity contribution is 6.30. The first-order valence-electron chi connectivity index (χ1n) is 9.32. The summed E-state index contributed by atoms with van der Waals surface area (Å²) in [5.74, 6) is 0.767. The number of amides is 2. The monoisotopic (exact) mass is 375 g/mol. The van der Waals surface area contributed by atoms with Gasteiger partial charge in [0.1, 0.15) is 6.04 Å². The molecule has 0 saturated carbocycles. The van der Waals surface area contributed by atoms with Crippen LogP contribution in [0.1, 0.15) is 31.2 Å². The molecule has 2 aliphatic heterocycles. The average molecular weight is 376 g/mol. The standard InChI is InChI=1S/C20H26ClN3O2/c21-17-4-1-3-16(13-17)14-23-19(25)7-6-15-8-11-24(12-9-15)20(26)18-5-2-10-22-18/h1-5,13,15,18,22H,6-12,14H2,(H,23,25)/t18-/m1/s1. The molecule has 2 aliphatic rings. The third-order valence-electron chi connectivity index (χ3n) is 5.13. The van der Waals surface area contributed by atoms with Crippen LogP contribution in [0.2, 0.25) is 5.02 Å². The van der Waals surface area contributed by atoms with Crippen LogP contribution in [0, 0.1) is 5.92 Å². The number of nitrogens with one attached hydrogen (secondary N) is 2. The van der Waals surface area contributed by atoms with Crippen LogP contribution in [-0.2, 0) is 16.1 Å². The minimum absolute atomic E-state index is 0.0729. The van der Waals surface area contributed by atoms with E-state index in [1.807, 2.05) is 41.3 Å². The van der Waals surface area contributed by atoms with Gasteiger partial charge in [0, 0.05) is 37.6 Å². The number of nitrogens with zero attached hydrogens (tertiary/aromatic N) is 1. The largest absolute Gasteiger partial charge is 0.352 e. The van der Waals surface area contributed by atoms with Gasteiger partial charge in [-0.1, -0.05) is 35.9 Å². The van der Waals surface area contributed by atoms with Crippen LogP contribution in [0.5, 0.6) is 0 Å². The van der Waals surface area contributed by atoms with Gasteiger partial charge in [0.05, 0.1) is 0 Å². The number of halogens is 1. The van der Waals surface area contributed by atoms with Crippen LogP contribution in [0.15, 0.2) is 36.4 Å². The molecule has 2 amide bonds. The highest BCUT2D eigenvalue weighted by atomic mass is 35.5. The fourth-order valence-electron chi connectivity index (χ4n) is 3.55. The Morgan fingerprint density at radius 3 is 2.77 bits per heavy atom. The Morgan fingerprint density at radius 1 is 1.27 bits per heavy atom. The van der Waals surface area contributed by atoms with Gasteiger partial charge in [0.2, 0.25) is 11.8 Å². The Labute approximate surface area is 159 Å². The van der Waals surface area contributed by atoms with E-state index in [4.69, 9.17) is 11.6 Å². The fraction of sp³-hybridized carbons (Fsp3) is 0.500. The lowest BCUT2D eigenvalue weighted by atomic mass is 9.91. The third kappa shape index (κ3) is 5.32. The predicted octanol–water partition coefficient (Wildman–Crippen LogP) is 2.50. The quantitative estimate of drug-likeness (QED) is 0.751. The molecule has 1 saturated heterocycles. The first-order chi connectivity index (χ1) is 12.6. The molecule has 0 bridgehead atoms. The summed E-state index contributed by atoms with van der Waals surface area (Å²) >= 11 is 5.95. The van der Waals surface area contributed by atoms with E-state index < -0.39 is 0 Å².